The lowest BCUT2D eigenvalue weighted by Crippen LogP contribution is -2.19. The van der Waals surface area contributed by atoms with Crippen molar-refractivity contribution in [2.75, 3.05) is 5.32 Å². The zero-order valence-corrected chi connectivity index (χ0v) is 13.8. The average molecular weight is 316 g/mol. The number of pyridine rings is 1. The fourth-order valence-corrected chi connectivity index (χ4v) is 3.46. The normalized spacial score (nSPS) is 13.5. The second-order valence-corrected chi connectivity index (χ2v) is 6.46. The van der Waals surface area contributed by atoms with Gasteiger partial charge in [-0.15, -0.1) is 0 Å². The second kappa shape index (κ2) is 6.08. The van der Waals surface area contributed by atoms with Gasteiger partial charge in [0.1, 0.15) is 0 Å². The molecule has 1 heterocycles. The molecule has 3 heteroatoms. The summed E-state index contributed by atoms with van der Waals surface area (Å²) in [7, 11) is 0. The number of aromatic nitrogens is 1. The van der Waals surface area contributed by atoms with E-state index in [1.807, 2.05) is 55.5 Å². The van der Waals surface area contributed by atoms with Crippen molar-refractivity contribution in [3.8, 4) is 0 Å². The van der Waals surface area contributed by atoms with Crippen LogP contribution in [0.3, 0.4) is 0 Å². The summed E-state index contributed by atoms with van der Waals surface area (Å²) in [4.78, 5) is 17.8. The molecule has 1 N–H and O–H groups in total. The summed E-state index contributed by atoms with van der Waals surface area (Å²) < 4.78 is 0. The number of para-hydroxylation sites is 1. The molecule has 0 spiro atoms. The molecule has 24 heavy (non-hydrogen) atoms. The van der Waals surface area contributed by atoms with Crippen LogP contribution in [0.1, 0.15) is 40.0 Å². The van der Waals surface area contributed by atoms with Crippen LogP contribution in [-0.4, -0.2) is 10.9 Å². The fraction of sp³-hybridized carbons (Fsp3) is 0.238. The first kappa shape index (κ1) is 14.9. The summed E-state index contributed by atoms with van der Waals surface area (Å²) >= 11 is 0. The predicted octanol–water partition coefficient (Wildman–Crippen LogP) is 4.67. The first-order chi connectivity index (χ1) is 11.7. The van der Waals surface area contributed by atoms with Crippen molar-refractivity contribution in [3.63, 3.8) is 0 Å². The molecule has 0 fully saturated rings. The highest BCUT2D eigenvalue weighted by molar-refractivity contribution is 6.13. The van der Waals surface area contributed by atoms with E-state index >= 15 is 0 Å². The zero-order chi connectivity index (χ0) is 16.5. The Kier molecular flexibility index (Phi) is 3.77. The van der Waals surface area contributed by atoms with Crippen molar-refractivity contribution in [3.05, 3.63) is 70.9 Å². The van der Waals surface area contributed by atoms with Gasteiger partial charge in [-0.25, -0.2) is 0 Å². The number of rotatable bonds is 2. The summed E-state index contributed by atoms with van der Waals surface area (Å²) in [6.45, 7) is 2.04. The number of nitrogens with one attached hydrogen (secondary N) is 1. The molecule has 0 unspecified atom stereocenters. The van der Waals surface area contributed by atoms with E-state index in [1.165, 1.54) is 5.56 Å². The maximum Gasteiger partial charge on any atom is 0.256 e. The van der Waals surface area contributed by atoms with Crippen LogP contribution in [0.15, 0.2) is 48.5 Å². The Bertz CT molecular complexity index is 913. The number of amides is 1. The summed E-state index contributed by atoms with van der Waals surface area (Å²) in [5, 5.41) is 4.01. The van der Waals surface area contributed by atoms with Gasteiger partial charge >= 0.3 is 0 Å². The van der Waals surface area contributed by atoms with Gasteiger partial charge in [-0.1, -0.05) is 35.9 Å². The second-order valence-electron chi connectivity index (χ2n) is 6.46. The van der Waals surface area contributed by atoms with Crippen LogP contribution in [0.4, 0.5) is 5.69 Å². The van der Waals surface area contributed by atoms with Crippen molar-refractivity contribution in [2.24, 2.45) is 0 Å². The van der Waals surface area contributed by atoms with Crippen LogP contribution in [0.25, 0.3) is 10.9 Å². The Morgan fingerprint density at radius 3 is 2.58 bits per heavy atom. The molecule has 1 aliphatic carbocycles. The first-order valence-electron chi connectivity index (χ1n) is 8.51. The van der Waals surface area contributed by atoms with Gasteiger partial charge in [0.2, 0.25) is 0 Å². The number of anilines is 1. The summed E-state index contributed by atoms with van der Waals surface area (Å²) in [5.41, 5.74) is 5.94. The zero-order valence-electron chi connectivity index (χ0n) is 13.8. The molecule has 0 aliphatic heterocycles. The van der Waals surface area contributed by atoms with Gasteiger partial charge in [-0.3, -0.25) is 9.78 Å². The van der Waals surface area contributed by atoms with Gasteiger partial charge in [-0.05, 0) is 56.4 Å². The number of nitrogens with zero attached hydrogens (tertiary/aromatic N) is 1. The highest BCUT2D eigenvalue weighted by atomic mass is 16.1. The molecule has 0 saturated carbocycles. The van der Waals surface area contributed by atoms with Crippen molar-refractivity contribution in [2.45, 2.75) is 32.6 Å². The third kappa shape index (κ3) is 2.67. The largest absolute Gasteiger partial charge is 0.322 e. The van der Waals surface area contributed by atoms with Crippen molar-refractivity contribution < 1.29 is 4.79 Å². The van der Waals surface area contributed by atoms with E-state index in [4.69, 9.17) is 4.98 Å². The number of carbonyl (C=O) groups is 1. The Hall–Kier alpha value is -2.68. The summed E-state index contributed by atoms with van der Waals surface area (Å²) in [6, 6.07) is 15.9. The van der Waals surface area contributed by atoms with Crippen LogP contribution >= 0.6 is 0 Å². The van der Waals surface area contributed by atoms with Crippen molar-refractivity contribution in [1.82, 2.24) is 4.98 Å². The van der Waals surface area contributed by atoms with Crippen molar-refractivity contribution >= 4 is 22.5 Å². The molecule has 1 aromatic heterocycles. The molecule has 0 bridgehead atoms. The van der Waals surface area contributed by atoms with Crippen molar-refractivity contribution in [1.29, 1.82) is 0 Å². The minimum Gasteiger partial charge on any atom is -0.322 e. The van der Waals surface area contributed by atoms with Gasteiger partial charge in [0.25, 0.3) is 5.91 Å². The first-order valence-corrected chi connectivity index (χ1v) is 8.51. The van der Waals surface area contributed by atoms with Gasteiger partial charge < -0.3 is 5.32 Å². The number of carbonyl (C=O) groups excluding carboxylic acids is 1. The minimum absolute atomic E-state index is 0.0318. The van der Waals surface area contributed by atoms with Crippen LogP contribution < -0.4 is 5.32 Å². The third-order valence-electron chi connectivity index (χ3n) is 4.71. The van der Waals surface area contributed by atoms with E-state index in [1.54, 1.807) is 0 Å². The number of hydrogen-bond acceptors (Lipinski definition) is 2. The summed E-state index contributed by atoms with van der Waals surface area (Å²) in [5.74, 6) is -0.0318. The predicted molar refractivity (Wildman–Crippen MR) is 97.5 cm³/mol. The molecule has 0 radical (unpaired) electrons. The van der Waals surface area contributed by atoms with E-state index < -0.39 is 0 Å². The lowest BCUT2D eigenvalue weighted by Gasteiger charge is -2.20. The number of fused-ring (bicyclic) bond motifs is 2. The summed E-state index contributed by atoms with van der Waals surface area (Å²) in [6.07, 6.45) is 4.17. The highest BCUT2D eigenvalue weighted by Gasteiger charge is 2.22. The van der Waals surface area contributed by atoms with Crippen LogP contribution in [-0.2, 0) is 12.8 Å². The Balaban J connectivity index is 1.82. The van der Waals surface area contributed by atoms with Gasteiger partial charge in [0.05, 0.1) is 11.1 Å². The van der Waals surface area contributed by atoms with E-state index in [-0.39, 0.29) is 5.91 Å². The van der Waals surface area contributed by atoms with E-state index in [2.05, 4.69) is 5.32 Å². The minimum atomic E-state index is -0.0318. The number of benzene rings is 2. The highest BCUT2D eigenvalue weighted by Crippen LogP contribution is 2.29. The molecule has 1 aliphatic rings. The smallest absolute Gasteiger partial charge is 0.256 e. The SMILES string of the molecule is Cc1ccc(NC(=O)c2c3c(nc4ccccc24)CCCC3)cc1. The molecule has 3 nitrogen and oxygen atoms in total. The lowest BCUT2D eigenvalue weighted by molar-refractivity contribution is 0.102. The molecule has 0 atom stereocenters. The molecule has 4 rings (SSSR count). The topological polar surface area (TPSA) is 42.0 Å². The molecule has 1 amide bonds. The molecule has 120 valence electrons. The fourth-order valence-electron chi connectivity index (χ4n) is 3.46. The quantitative estimate of drug-likeness (QED) is 0.746. The maximum atomic E-state index is 13.0. The Morgan fingerprint density at radius 2 is 1.75 bits per heavy atom. The Morgan fingerprint density at radius 1 is 1.00 bits per heavy atom. The van der Waals surface area contributed by atoms with E-state index in [9.17, 15) is 4.79 Å². The number of aryl methyl sites for hydroxylation is 2. The third-order valence-corrected chi connectivity index (χ3v) is 4.71. The maximum absolute atomic E-state index is 13.0. The van der Waals surface area contributed by atoms with Gasteiger partial charge in [-0.2, -0.15) is 0 Å². The lowest BCUT2D eigenvalue weighted by atomic mass is 9.89. The van der Waals surface area contributed by atoms with Crippen LogP contribution in [0.5, 0.6) is 0 Å². The molecule has 0 saturated heterocycles. The molecular weight excluding hydrogens is 296 g/mol. The molecular formula is C21H20N2O. The van der Waals surface area contributed by atoms with Crippen LogP contribution in [0, 0.1) is 6.92 Å². The average Bonchev–Trinajstić information content (AvgIpc) is 2.61. The van der Waals surface area contributed by atoms with Gasteiger partial charge in [0, 0.05) is 16.8 Å². The number of hydrogen-bond donors (Lipinski definition) is 1. The standard InChI is InChI=1S/C21H20N2O/c1-14-10-12-15(13-11-14)22-21(24)20-16-6-2-4-8-18(16)23-19-9-5-3-7-17(19)20/h2,4,6,8,10-13H,3,5,7,9H2,1H3,(H,22,24). The van der Waals surface area contributed by atoms with Crippen LogP contribution in [0.2, 0.25) is 0 Å². The molecule has 3 aromatic rings. The molecule has 2 aromatic carbocycles. The Labute approximate surface area is 141 Å². The van der Waals surface area contributed by atoms with Gasteiger partial charge in [0.15, 0.2) is 0 Å². The van der Waals surface area contributed by atoms with E-state index in [0.29, 0.717) is 0 Å². The monoisotopic (exact) mass is 316 g/mol. The van der Waals surface area contributed by atoms with E-state index in [0.717, 1.165) is 59.1 Å².